The van der Waals surface area contributed by atoms with Gasteiger partial charge in [0, 0.05) is 14.1 Å². The van der Waals surface area contributed by atoms with Gasteiger partial charge in [-0.05, 0) is 43.9 Å². The minimum Gasteiger partial charge on any atom is -0.394 e. The van der Waals surface area contributed by atoms with Gasteiger partial charge >= 0.3 is 12.2 Å². The second kappa shape index (κ2) is 6.51. The number of halogens is 3. The molecule has 1 fully saturated rings. The van der Waals surface area contributed by atoms with Crippen molar-refractivity contribution in [2.24, 2.45) is 5.92 Å². The topological polar surface area (TPSA) is 64.6 Å². The van der Waals surface area contributed by atoms with Crippen LogP contribution in [-0.2, 0) is 6.18 Å². The molecule has 1 aliphatic carbocycles. The van der Waals surface area contributed by atoms with E-state index in [0.29, 0.717) is 5.69 Å². The number of aliphatic hydroxyl groups is 1. The Morgan fingerprint density at radius 1 is 1.33 bits per heavy atom. The summed E-state index contributed by atoms with van der Waals surface area (Å²) in [6.45, 7) is 1.50. The summed E-state index contributed by atoms with van der Waals surface area (Å²) in [6, 6.07) is 2.55. The molecule has 1 atom stereocenters. The van der Waals surface area contributed by atoms with Crippen LogP contribution in [0.2, 0.25) is 0 Å². The minimum atomic E-state index is -4.49. The van der Waals surface area contributed by atoms with Crippen molar-refractivity contribution < 1.29 is 23.1 Å². The third kappa shape index (κ3) is 4.11. The number of aliphatic hydroxyl groups excluding tert-OH is 1. The second-order valence-electron chi connectivity index (χ2n) is 6.55. The number of hydrogen-bond acceptors (Lipinski definition) is 3. The molecule has 1 aromatic rings. The summed E-state index contributed by atoms with van der Waals surface area (Å²) in [7, 11) is 3.35. The number of nitrogens with one attached hydrogen (secondary N) is 2. The Kier molecular flexibility index (Phi) is 4.98. The summed E-state index contributed by atoms with van der Waals surface area (Å²) in [4.78, 5) is 13.8. The van der Waals surface area contributed by atoms with Gasteiger partial charge in [0.1, 0.15) is 0 Å². The van der Waals surface area contributed by atoms with Gasteiger partial charge in [0.2, 0.25) is 0 Å². The maximum Gasteiger partial charge on any atom is 0.416 e. The number of anilines is 2. The summed E-state index contributed by atoms with van der Waals surface area (Å²) in [5.74, 6) is 0.183. The zero-order chi connectivity index (χ0) is 18.1. The van der Waals surface area contributed by atoms with Gasteiger partial charge in [-0.2, -0.15) is 13.2 Å². The SMILES string of the molecule is CN(C)c1ccc(C(F)(F)F)cc1NC(=O)NC(C)(CO)C1CC1. The highest BCUT2D eigenvalue weighted by molar-refractivity contribution is 5.93. The van der Waals surface area contributed by atoms with Crippen LogP contribution in [0.4, 0.5) is 29.3 Å². The van der Waals surface area contributed by atoms with Gasteiger partial charge in [-0.25, -0.2) is 4.79 Å². The summed E-state index contributed by atoms with van der Waals surface area (Å²) in [5.41, 5.74) is -1.10. The number of urea groups is 1. The van der Waals surface area contributed by atoms with Crippen LogP contribution in [0.1, 0.15) is 25.3 Å². The lowest BCUT2D eigenvalue weighted by Gasteiger charge is -2.29. The Balaban J connectivity index is 2.21. The monoisotopic (exact) mass is 345 g/mol. The van der Waals surface area contributed by atoms with Crippen molar-refractivity contribution in [1.29, 1.82) is 0 Å². The fraction of sp³-hybridized carbons (Fsp3) is 0.562. The van der Waals surface area contributed by atoms with Crippen LogP contribution >= 0.6 is 0 Å². The number of hydrogen-bond donors (Lipinski definition) is 3. The molecule has 0 heterocycles. The second-order valence-corrected chi connectivity index (χ2v) is 6.55. The van der Waals surface area contributed by atoms with Gasteiger partial charge in [0.15, 0.2) is 0 Å². The van der Waals surface area contributed by atoms with Gasteiger partial charge in [-0.15, -0.1) is 0 Å². The Labute approximate surface area is 138 Å². The largest absolute Gasteiger partial charge is 0.416 e. The number of rotatable bonds is 5. The highest BCUT2D eigenvalue weighted by Crippen LogP contribution is 2.39. The van der Waals surface area contributed by atoms with Crippen LogP contribution in [0.5, 0.6) is 0 Å². The molecule has 5 nitrogen and oxygen atoms in total. The lowest BCUT2D eigenvalue weighted by atomic mass is 9.97. The molecule has 1 saturated carbocycles. The lowest BCUT2D eigenvalue weighted by molar-refractivity contribution is -0.137. The van der Waals surface area contributed by atoms with E-state index < -0.39 is 23.3 Å². The van der Waals surface area contributed by atoms with Crippen LogP contribution < -0.4 is 15.5 Å². The average Bonchev–Trinajstić information content (AvgIpc) is 3.30. The molecule has 0 bridgehead atoms. The van der Waals surface area contributed by atoms with Crippen LogP contribution in [0.25, 0.3) is 0 Å². The van der Waals surface area contributed by atoms with Gasteiger partial charge in [-0.1, -0.05) is 0 Å². The molecule has 8 heteroatoms. The van der Waals surface area contributed by atoms with Crippen LogP contribution in [0, 0.1) is 5.92 Å². The molecular formula is C16H22F3N3O2. The van der Waals surface area contributed by atoms with Gasteiger partial charge in [0.05, 0.1) is 29.1 Å². The van der Waals surface area contributed by atoms with E-state index >= 15 is 0 Å². The molecule has 134 valence electrons. The molecule has 2 rings (SSSR count). The van der Waals surface area contributed by atoms with Gasteiger partial charge < -0.3 is 20.6 Å². The molecule has 0 radical (unpaired) electrons. The number of carbonyl (C=O) groups excluding carboxylic acids is 1. The fourth-order valence-electron chi connectivity index (χ4n) is 2.61. The minimum absolute atomic E-state index is 0.0587. The fourth-order valence-corrected chi connectivity index (χ4v) is 2.61. The van der Waals surface area contributed by atoms with Gasteiger partial charge in [0.25, 0.3) is 0 Å². The predicted octanol–water partition coefficient (Wildman–Crippen LogP) is 3.05. The number of benzene rings is 1. The first-order valence-corrected chi connectivity index (χ1v) is 7.65. The van der Waals surface area contributed by atoms with Gasteiger partial charge in [-0.3, -0.25) is 0 Å². The summed E-state index contributed by atoms with van der Waals surface area (Å²) in [6.07, 6.45) is -2.68. The molecule has 0 aliphatic heterocycles. The van der Waals surface area contributed by atoms with Crippen LogP contribution in [0.15, 0.2) is 18.2 Å². The summed E-state index contributed by atoms with van der Waals surface area (Å²) in [5, 5.41) is 14.7. The molecule has 2 amide bonds. The number of alkyl halides is 3. The van der Waals surface area contributed by atoms with E-state index in [9.17, 15) is 23.1 Å². The van der Waals surface area contributed by atoms with E-state index in [2.05, 4.69) is 10.6 Å². The van der Waals surface area contributed by atoms with Crippen molar-refractivity contribution in [2.75, 3.05) is 30.9 Å². The Morgan fingerprint density at radius 2 is 1.96 bits per heavy atom. The third-order valence-corrected chi connectivity index (χ3v) is 4.26. The first-order valence-electron chi connectivity index (χ1n) is 7.65. The Bertz CT molecular complexity index is 615. The molecule has 1 aromatic carbocycles. The molecule has 24 heavy (non-hydrogen) atoms. The average molecular weight is 345 g/mol. The van der Waals surface area contributed by atoms with Crippen molar-refractivity contribution in [2.45, 2.75) is 31.5 Å². The predicted molar refractivity (Wildman–Crippen MR) is 86.1 cm³/mol. The van der Waals surface area contributed by atoms with E-state index in [1.807, 2.05) is 0 Å². The first-order chi connectivity index (χ1) is 11.1. The van der Waals surface area contributed by atoms with E-state index in [1.54, 1.807) is 25.9 Å². The highest BCUT2D eigenvalue weighted by Gasteiger charge is 2.42. The quantitative estimate of drug-likeness (QED) is 0.768. The van der Waals surface area contributed by atoms with Crippen molar-refractivity contribution in [3.63, 3.8) is 0 Å². The van der Waals surface area contributed by atoms with Crippen molar-refractivity contribution in [3.8, 4) is 0 Å². The van der Waals surface area contributed by atoms with Crippen LogP contribution in [0.3, 0.4) is 0 Å². The van der Waals surface area contributed by atoms with Crippen molar-refractivity contribution in [3.05, 3.63) is 23.8 Å². The maximum atomic E-state index is 12.9. The van der Waals surface area contributed by atoms with Crippen LogP contribution in [-0.4, -0.2) is 37.4 Å². The normalized spacial score (nSPS) is 17.1. The summed E-state index contributed by atoms with van der Waals surface area (Å²) < 4.78 is 38.7. The zero-order valence-electron chi connectivity index (χ0n) is 13.9. The molecule has 0 aromatic heterocycles. The molecule has 1 aliphatic rings. The maximum absolute atomic E-state index is 12.9. The first kappa shape index (κ1) is 18.4. The van der Waals surface area contributed by atoms with Crippen molar-refractivity contribution >= 4 is 17.4 Å². The standard InChI is InChI=1S/C16H22F3N3O2/c1-15(9-23,10-4-5-10)21-14(24)20-12-8-11(16(17,18)19)6-7-13(12)22(2)3/h6-8,10,23H,4-5,9H2,1-3H3,(H2,20,21,24). The molecule has 0 saturated heterocycles. The molecule has 1 unspecified atom stereocenters. The van der Waals surface area contributed by atoms with E-state index in [0.717, 1.165) is 25.0 Å². The number of nitrogens with zero attached hydrogens (tertiary/aromatic N) is 1. The molecular weight excluding hydrogens is 323 g/mol. The molecule has 3 N–H and O–H groups in total. The van der Waals surface area contributed by atoms with Crippen molar-refractivity contribution in [1.82, 2.24) is 5.32 Å². The van der Waals surface area contributed by atoms with E-state index in [4.69, 9.17) is 0 Å². The molecule has 0 spiro atoms. The van der Waals surface area contributed by atoms with E-state index in [1.165, 1.54) is 6.07 Å². The zero-order valence-corrected chi connectivity index (χ0v) is 13.9. The summed E-state index contributed by atoms with van der Waals surface area (Å²) >= 11 is 0. The third-order valence-electron chi connectivity index (χ3n) is 4.26. The number of carbonyl (C=O) groups is 1. The Morgan fingerprint density at radius 3 is 2.42 bits per heavy atom. The Hall–Kier alpha value is -1.96. The van der Waals surface area contributed by atoms with E-state index in [-0.39, 0.29) is 18.2 Å². The highest BCUT2D eigenvalue weighted by atomic mass is 19.4. The number of amides is 2. The smallest absolute Gasteiger partial charge is 0.394 e. The lowest BCUT2D eigenvalue weighted by Crippen LogP contribution is -2.52.